The van der Waals surface area contributed by atoms with Gasteiger partial charge in [-0.05, 0) is 24.3 Å². The molecule has 1 heterocycles. The van der Waals surface area contributed by atoms with E-state index >= 15 is 0 Å². The van der Waals surface area contributed by atoms with Gasteiger partial charge in [0.25, 0.3) is 11.8 Å². The third-order valence-electron chi connectivity index (χ3n) is 3.43. The van der Waals surface area contributed by atoms with Crippen LogP contribution in [0.4, 0.5) is 21.3 Å². The van der Waals surface area contributed by atoms with Gasteiger partial charge in [0.05, 0.1) is 11.3 Å². The lowest BCUT2D eigenvalue weighted by molar-refractivity contribution is 0.100. The van der Waals surface area contributed by atoms with Crippen molar-refractivity contribution in [1.29, 1.82) is 0 Å². The quantitative estimate of drug-likeness (QED) is 0.541. The second kappa shape index (κ2) is 8.11. The Balaban J connectivity index is 1.64. The number of nitrogens with two attached hydrogens (primary N) is 1. The maximum Gasteiger partial charge on any atom is 0.325 e. The fourth-order valence-electron chi connectivity index (χ4n) is 2.21. The molecular weight excluding hydrogens is 366 g/mol. The van der Waals surface area contributed by atoms with E-state index in [9.17, 15) is 14.4 Å². The van der Waals surface area contributed by atoms with Crippen molar-refractivity contribution in [3.63, 3.8) is 0 Å². The predicted molar refractivity (Wildman–Crippen MR) is 104 cm³/mol. The Hall–Kier alpha value is -3.72. The maximum absolute atomic E-state index is 12.3. The van der Waals surface area contributed by atoms with Crippen molar-refractivity contribution < 1.29 is 14.4 Å². The number of hydrogen-bond donors (Lipinski definition) is 4. The fraction of sp³-hybridized carbons (Fsp3) is 0. The van der Waals surface area contributed by atoms with Gasteiger partial charge in [-0.3, -0.25) is 14.9 Å². The van der Waals surface area contributed by atoms with Crippen LogP contribution in [0.1, 0.15) is 20.8 Å². The number of primary amides is 1. The van der Waals surface area contributed by atoms with E-state index in [0.29, 0.717) is 11.4 Å². The first-order valence-electron chi connectivity index (χ1n) is 7.81. The van der Waals surface area contributed by atoms with Crippen molar-refractivity contribution in [3.05, 3.63) is 71.2 Å². The van der Waals surface area contributed by atoms with Crippen LogP contribution in [0.25, 0.3) is 0 Å². The van der Waals surface area contributed by atoms with E-state index in [2.05, 4.69) is 20.9 Å². The molecule has 4 amide bonds. The van der Waals surface area contributed by atoms with Gasteiger partial charge in [-0.1, -0.05) is 30.3 Å². The number of aromatic nitrogens is 1. The third-order valence-corrected chi connectivity index (χ3v) is 4.19. The summed E-state index contributed by atoms with van der Waals surface area (Å²) in [5.41, 5.74) is 6.52. The van der Waals surface area contributed by atoms with E-state index in [0.717, 1.165) is 11.3 Å². The van der Waals surface area contributed by atoms with Crippen LogP contribution in [-0.4, -0.2) is 22.8 Å². The molecular formula is C18H15N5O3S. The molecule has 136 valence electrons. The van der Waals surface area contributed by atoms with Gasteiger partial charge in [0.2, 0.25) is 0 Å². The number of urea groups is 1. The topological polar surface area (TPSA) is 126 Å². The van der Waals surface area contributed by atoms with E-state index in [1.54, 1.807) is 42.5 Å². The van der Waals surface area contributed by atoms with Crippen molar-refractivity contribution in [2.45, 2.75) is 0 Å². The molecule has 0 unspecified atom stereocenters. The molecule has 0 fully saturated rings. The number of para-hydroxylation sites is 2. The largest absolute Gasteiger partial charge is 0.366 e. The number of hydrogen-bond acceptors (Lipinski definition) is 5. The fourth-order valence-corrected chi connectivity index (χ4v) is 2.90. The Morgan fingerprint density at radius 2 is 1.59 bits per heavy atom. The molecule has 0 spiro atoms. The summed E-state index contributed by atoms with van der Waals surface area (Å²) in [5, 5.41) is 9.57. The molecule has 0 aliphatic heterocycles. The summed E-state index contributed by atoms with van der Waals surface area (Å²) in [6.07, 6.45) is 0. The third kappa shape index (κ3) is 4.67. The van der Waals surface area contributed by atoms with E-state index in [-0.39, 0.29) is 16.4 Å². The lowest BCUT2D eigenvalue weighted by atomic mass is 10.1. The van der Waals surface area contributed by atoms with E-state index in [1.165, 1.54) is 11.4 Å². The molecule has 0 radical (unpaired) electrons. The first-order chi connectivity index (χ1) is 13.0. The molecule has 8 nitrogen and oxygen atoms in total. The summed E-state index contributed by atoms with van der Waals surface area (Å²) in [6, 6.07) is 14.9. The summed E-state index contributed by atoms with van der Waals surface area (Å²) < 4.78 is 0. The number of benzene rings is 2. The van der Waals surface area contributed by atoms with Crippen LogP contribution < -0.4 is 21.7 Å². The average Bonchev–Trinajstić information content (AvgIpc) is 3.11. The maximum atomic E-state index is 12.3. The van der Waals surface area contributed by atoms with E-state index in [1.807, 2.05) is 6.07 Å². The molecule has 0 aliphatic carbocycles. The highest BCUT2D eigenvalue weighted by Crippen LogP contribution is 2.19. The highest BCUT2D eigenvalue weighted by molar-refractivity contribution is 7.14. The molecule has 0 atom stereocenters. The minimum atomic E-state index is -0.649. The van der Waals surface area contributed by atoms with Gasteiger partial charge in [0.1, 0.15) is 5.69 Å². The standard InChI is InChI=1S/C18H15N5O3S/c19-15(24)12-8-4-5-9-13(12)21-16(25)14-10-27-18(22-14)23-17(26)20-11-6-2-1-3-7-11/h1-10H,(H2,19,24)(H,21,25)(H2,20,22,23,26). The van der Waals surface area contributed by atoms with Crippen molar-refractivity contribution in [1.82, 2.24) is 4.98 Å². The van der Waals surface area contributed by atoms with Crippen LogP contribution in [0.3, 0.4) is 0 Å². The zero-order valence-electron chi connectivity index (χ0n) is 13.9. The summed E-state index contributed by atoms with van der Waals surface area (Å²) >= 11 is 1.10. The molecule has 3 rings (SSSR count). The van der Waals surface area contributed by atoms with Gasteiger partial charge >= 0.3 is 6.03 Å². The number of carbonyl (C=O) groups excluding carboxylic acids is 3. The van der Waals surface area contributed by atoms with Crippen molar-refractivity contribution in [2.75, 3.05) is 16.0 Å². The van der Waals surface area contributed by atoms with Crippen molar-refractivity contribution in [2.24, 2.45) is 5.73 Å². The first-order valence-corrected chi connectivity index (χ1v) is 8.69. The molecule has 9 heteroatoms. The van der Waals surface area contributed by atoms with Gasteiger partial charge in [-0.25, -0.2) is 9.78 Å². The number of rotatable bonds is 5. The van der Waals surface area contributed by atoms with E-state index in [4.69, 9.17) is 5.73 Å². The van der Waals surface area contributed by atoms with Gasteiger partial charge in [-0.2, -0.15) is 0 Å². The Labute approximate surface area is 158 Å². The van der Waals surface area contributed by atoms with Crippen LogP contribution in [-0.2, 0) is 0 Å². The average molecular weight is 381 g/mol. The number of carbonyl (C=O) groups is 3. The van der Waals surface area contributed by atoms with Gasteiger partial charge in [0.15, 0.2) is 5.13 Å². The second-order valence-corrected chi connectivity index (χ2v) is 6.21. The summed E-state index contributed by atoms with van der Waals surface area (Å²) in [6.45, 7) is 0. The molecule has 0 saturated heterocycles. The molecule has 1 aromatic heterocycles. The zero-order valence-corrected chi connectivity index (χ0v) is 14.7. The van der Waals surface area contributed by atoms with Gasteiger partial charge in [0, 0.05) is 11.1 Å². The normalized spacial score (nSPS) is 10.1. The number of nitrogens with zero attached hydrogens (tertiary/aromatic N) is 1. The van der Waals surface area contributed by atoms with Gasteiger partial charge in [-0.15, -0.1) is 11.3 Å². The number of anilines is 3. The minimum Gasteiger partial charge on any atom is -0.366 e. The zero-order chi connectivity index (χ0) is 19.2. The summed E-state index contributed by atoms with van der Waals surface area (Å²) in [4.78, 5) is 39.8. The second-order valence-electron chi connectivity index (χ2n) is 5.35. The molecule has 3 aromatic rings. The number of thiazole rings is 1. The molecule has 2 aromatic carbocycles. The smallest absolute Gasteiger partial charge is 0.325 e. The molecule has 0 aliphatic rings. The van der Waals surface area contributed by atoms with Crippen LogP contribution in [0.5, 0.6) is 0 Å². The van der Waals surface area contributed by atoms with Crippen LogP contribution >= 0.6 is 11.3 Å². The monoisotopic (exact) mass is 381 g/mol. The highest BCUT2D eigenvalue weighted by atomic mass is 32.1. The number of nitrogens with one attached hydrogen (secondary N) is 3. The Morgan fingerprint density at radius 3 is 2.33 bits per heavy atom. The SMILES string of the molecule is NC(=O)c1ccccc1NC(=O)c1csc(NC(=O)Nc2ccccc2)n1. The Morgan fingerprint density at radius 1 is 0.889 bits per heavy atom. The molecule has 0 bridgehead atoms. The predicted octanol–water partition coefficient (Wildman–Crippen LogP) is 3.14. The molecule has 5 N–H and O–H groups in total. The van der Waals surface area contributed by atoms with Gasteiger partial charge < -0.3 is 16.4 Å². The molecule has 0 saturated carbocycles. The first kappa shape index (κ1) is 18.1. The van der Waals surface area contributed by atoms with Crippen molar-refractivity contribution in [3.8, 4) is 0 Å². The Bertz CT molecular complexity index is 987. The number of amides is 4. The summed E-state index contributed by atoms with van der Waals surface area (Å²) in [7, 11) is 0. The highest BCUT2D eigenvalue weighted by Gasteiger charge is 2.15. The Kier molecular flexibility index (Phi) is 5.43. The molecule has 27 heavy (non-hydrogen) atoms. The van der Waals surface area contributed by atoms with Crippen LogP contribution in [0, 0.1) is 0 Å². The van der Waals surface area contributed by atoms with Crippen LogP contribution in [0.15, 0.2) is 60.0 Å². The minimum absolute atomic E-state index is 0.106. The van der Waals surface area contributed by atoms with E-state index < -0.39 is 17.8 Å². The lowest BCUT2D eigenvalue weighted by Crippen LogP contribution is -2.20. The lowest BCUT2D eigenvalue weighted by Gasteiger charge is -2.07. The van der Waals surface area contributed by atoms with Crippen molar-refractivity contribution >= 4 is 45.7 Å². The van der Waals surface area contributed by atoms with Crippen LogP contribution in [0.2, 0.25) is 0 Å². The summed E-state index contributed by atoms with van der Waals surface area (Å²) in [5.74, 6) is -1.17.